The third-order valence-corrected chi connectivity index (χ3v) is 3.86. The van der Waals surface area contributed by atoms with Gasteiger partial charge in [-0.2, -0.15) is 0 Å². The molecule has 0 unspecified atom stereocenters. The summed E-state index contributed by atoms with van der Waals surface area (Å²) in [5.41, 5.74) is 3.70. The van der Waals surface area contributed by atoms with E-state index >= 15 is 0 Å². The Labute approximate surface area is 142 Å². The maximum absolute atomic E-state index is 13.2. The fraction of sp³-hybridized carbons (Fsp3) is 0.368. The van der Waals surface area contributed by atoms with Crippen LogP contribution in [0.2, 0.25) is 0 Å². The molecule has 2 rings (SSSR count). The maximum Gasteiger partial charge on any atom is 0.244 e. The first-order valence-electron chi connectivity index (χ1n) is 7.89. The lowest BCUT2D eigenvalue weighted by Gasteiger charge is -2.28. The zero-order valence-electron chi connectivity index (χ0n) is 14.9. The van der Waals surface area contributed by atoms with Crippen molar-refractivity contribution in [1.82, 2.24) is 14.8 Å². The molecule has 0 fully saturated rings. The van der Waals surface area contributed by atoms with E-state index in [0.29, 0.717) is 6.54 Å². The van der Waals surface area contributed by atoms with Gasteiger partial charge in [-0.05, 0) is 63.3 Å². The number of likely N-dealkylation sites (N-methyl/N-ethyl adjacent to an activating group) is 2. The number of rotatable bonds is 5. The number of amides is 1. The minimum atomic E-state index is -0.457. The van der Waals surface area contributed by atoms with E-state index in [2.05, 4.69) is 4.98 Å². The van der Waals surface area contributed by atoms with Crippen LogP contribution < -0.4 is 0 Å². The Morgan fingerprint density at radius 1 is 1.12 bits per heavy atom. The second-order valence-corrected chi connectivity index (χ2v) is 6.39. The van der Waals surface area contributed by atoms with Crippen LogP contribution in [0.3, 0.4) is 0 Å². The third-order valence-electron chi connectivity index (χ3n) is 3.86. The summed E-state index contributed by atoms with van der Waals surface area (Å²) in [6.07, 6.45) is 0. The summed E-state index contributed by atoms with van der Waals surface area (Å²) in [6.45, 7) is 4.40. The highest BCUT2D eigenvalue weighted by Crippen LogP contribution is 2.21. The van der Waals surface area contributed by atoms with Crippen LogP contribution in [0.25, 0.3) is 0 Å². The average Bonchev–Trinajstić information content (AvgIpc) is 2.47. The van der Waals surface area contributed by atoms with Gasteiger partial charge in [-0.3, -0.25) is 14.7 Å². The summed E-state index contributed by atoms with van der Waals surface area (Å²) in [6, 6.07) is 9.60. The molecule has 2 aromatic rings. The summed E-state index contributed by atoms with van der Waals surface area (Å²) >= 11 is 0. The lowest BCUT2D eigenvalue weighted by atomic mass is 10.0. The van der Waals surface area contributed by atoms with E-state index in [-0.39, 0.29) is 11.7 Å². The normalized spacial score (nSPS) is 12.3. The van der Waals surface area contributed by atoms with E-state index in [9.17, 15) is 9.18 Å². The van der Waals surface area contributed by atoms with Gasteiger partial charge in [0.1, 0.15) is 11.9 Å². The minimum absolute atomic E-state index is 0.0485. The zero-order valence-corrected chi connectivity index (χ0v) is 14.9. The molecule has 0 aliphatic rings. The number of pyridine rings is 1. The smallest absolute Gasteiger partial charge is 0.244 e. The second kappa shape index (κ2) is 7.53. The van der Waals surface area contributed by atoms with Crippen molar-refractivity contribution in [3.05, 3.63) is 64.7 Å². The summed E-state index contributed by atoms with van der Waals surface area (Å²) < 4.78 is 13.2. The van der Waals surface area contributed by atoms with Gasteiger partial charge in [0.25, 0.3) is 0 Å². The highest BCUT2D eigenvalue weighted by atomic mass is 19.1. The highest BCUT2D eigenvalue weighted by molar-refractivity contribution is 5.83. The molecule has 1 amide bonds. The van der Waals surface area contributed by atoms with Gasteiger partial charge >= 0.3 is 0 Å². The highest BCUT2D eigenvalue weighted by Gasteiger charge is 2.26. The molecule has 0 saturated carbocycles. The van der Waals surface area contributed by atoms with E-state index < -0.39 is 6.04 Å². The van der Waals surface area contributed by atoms with Crippen molar-refractivity contribution in [2.45, 2.75) is 26.4 Å². The van der Waals surface area contributed by atoms with Crippen LogP contribution in [-0.4, -0.2) is 41.8 Å². The summed E-state index contributed by atoms with van der Waals surface area (Å²) in [4.78, 5) is 20.9. The van der Waals surface area contributed by atoms with E-state index in [1.165, 1.54) is 12.1 Å². The van der Waals surface area contributed by atoms with Gasteiger partial charge in [-0.15, -0.1) is 0 Å². The van der Waals surface area contributed by atoms with Gasteiger partial charge < -0.3 is 4.90 Å². The fourth-order valence-corrected chi connectivity index (χ4v) is 2.84. The monoisotopic (exact) mass is 329 g/mol. The van der Waals surface area contributed by atoms with Crippen molar-refractivity contribution in [2.24, 2.45) is 0 Å². The molecular weight excluding hydrogens is 305 g/mol. The minimum Gasteiger partial charge on any atom is -0.338 e. The van der Waals surface area contributed by atoms with Crippen LogP contribution >= 0.6 is 0 Å². The van der Waals surface area contributed by atoms with Crippen LogP contribution in [0.4, 0.5) is 4.39 Å². The Balaban J connectivity index is 2.21. The van der Waals surface area contributed by atoms with E-state index in [1.54, 1.807) is 24.1 Å². The van der Waals surface area contributed by atoms with Crippen molar-refractivity contribution in [3.63, 3.8) is 0 Å². The van der Waals surface area contributed by atoms with Gasteiger partial charge in [0.05, 0.1) is 12.2 Å². The Morgan fingerprint density at radius 2 is 1.75 bits per heavy atom. The number of halogens is 1. The lowest BCUT2D eigenvalue weighted by Crippen LogP contribution is -2.38. The largest absolute Gasteiger partial charge is 0.338 e. The Bertz CT molecular complexity index is 693. The number of hydrogen-bond donors (Lipinski definition) is 0. The molecule has 0 bridgehead atoms. The van der Waals surface area contributed by atoms with E-state index in [4.69, 9.17) is 0 Å². The molecule has 4 nitrogen and oxygen atoms in total. The van der Waals surface area contributed by atoms with Gasteiger partial charge in [-0.1, -0.05) is 12.1 Å². The number of carbonyl (C=O) groups is 1. The molecule has 0 saturated heterocycles. The van der Waals surface area contributed by atoms with Crippen LogP contribution in [0.1, 0.15) is 28.6 Å². The number of carbonyl (C=O) groups excluding carboxylic acids is 1. The topological polar surface area (TPSA) is 36.4 Å². The van der Waals surface area contributed by atoms with Gasteiger partial charge in [-0.25, -0.2) is 4.39 Å². The number of aromatic nitrogens is 1. The van der Waals surface area contributed by atoms with Crippen molar-refractivity contribution < 1.29 is 9.18 Å². The molecule has 5 heteroatoms. The summed E-state index contributed by atoms with van der Waals surface area (Å²) in [5.74, 6) is -0.357. The number of aryl methyl sites for hydroxylation is 2. The van der Waals surface area contributed by atoms with E-state index in [1.807, 2.05) is 45.0 Å². The quantitative estimate of drug-likeness (QED) is 0.846. The fourth-order valence-electron chi connectivity index (χ4n) is 2.84. The number of hydrogen-bond acceptors (Lipinski definition) is 3. The Hall–Kier alpha value is -2.27. The van der Waals surface area contributed by atoms with Gasteiger partial charge in [0.2, 0.25) is 5.91 Å². The Kier molecular flexibility index (Phi) is 5.67. The number of nitrogens with zero attached hydrogens (tertiary/aromatic N) is 3. The first-order valence-corrected chi connectivity index (χ1v) is 7.89. The molecule has 1 aromatic heterocycles. The van der Waals surface area contributed by atoms with Crippen molar-refractivity contribution in [2.75, 3.05) is 21.1 Å². The average molecular weight is 329 g/mol. The van der Waals surface area contributed by atoms with Crippen molar-refractivity contribution in [3.8, 4) is 0 Å². The second-order valence-electron chi connectivity index (χ2n) is 6.39. The zero-order chi connectivity index (χ0) is 17.9. The predicted molar refractivity (Wildman–Crippen MR) is 93.0 cm³/mol. The predicted octanol–water partition coefficient (Wildman–Crippen LogP) is 3.10. The first kappa shape index (κ1) is 18.1. The lowest BCUT2D eigenvalue weighted by molar-refractivity contribution is -0.135. The summed E-state index contributed by atoms with van der Waals surface area (Å²) in [5, 5.41) is 0. The van der Waals surface area contributed by atoms with Crippen LogP contribution in [0.15, 0.2) is 36.4 Å². The van der Waals surface area contributed by atoms with Crippen molar-refractivity contribution in [1.29, 1.82) is 0 Å². The maximum atomic E-state index is 13.2. The third kappa shape index (κ3) is 4.38. The summed E-state index contributed by atoms with van der Waals surface area (Å²) in [7, 11) is 5.45. The standard InChI is InChI=1S/C19H24FN3O/c1-13-10-14(2)21-17(11-13)12-23(5)19(24)18(22(3)4)15-6-8-16(20)9-7-15/h6-11,18H,12H2,1-5H3/t18-/m1/s1. The molecule has 1 heterocycles. The van der Waals surface area contributed by atoms with Gasteiger partial charge in [0, 0.05) is 12.7 Å². The SMILES string of the molecule is Cc1cc(C)nc(CN(C)C(=O)[C@@H](c2ccc(F)cc2)N(C)C)c1. The molecule has 0 spiro atoms. The molecule has 1 atom stereocenters. The molecule has 1 aromatic carbocycles. The number of benzene rings is 1. The van der Waals surface area contributed by atoms with Crippen molar-refractivity contribution >= 4 is 5.91 Å². The van der Waals surface area contributed by atoms with Crippen LogP contribution in [0.5, 0.6) is 0 Å². The van der Waals surface area contributed by atoms with E-state index in [0.717, 1.165) is 22.5 Å². The van der Waals surface area contributed by atoms with Crippen LogP contribution in [-0.2, 0) is 11.3 Å². The molecule has 0 N–H and O–H groups in total. The molecular formula is C19H24FN3O. The Morgan fingerprint density at radius 3 is 2.29 bits per heavy atom. The molecule has 0 aliphatic carbocycles. The molecule has 0 aliphatic heterocycles. The molecule has 24 heavy (non-hydrogen) atoms. The van der Waals surface area contributed by atoms with Gasteiger partial charge in [0.15, 0.2) is 0 Å². The molecule has 128 valence electrons. The first-order chi connectivity index (χ1) is 11.3. The van der Waals surface area contributed by atoms with Crippen LogP contribution in [0, 0.1) is 19.7 Å². The molecule has 0 radical (unpaired) electrons.